The standard InChI is InChI=1S/C21H22N2O5/c1-13-5-3-8-18(14(13)2)23-11-15(9-19(23)24)21(27)22-16-6-4-7-17(10-16)28-12-20(25)26/h3-8,10,15H,9,11-12H2,1-2H3,(H,22,27)(H,25,26). The Morgan fingerprint density at radius 2 is 1.96 bits per heavy atom. The van der Waals surface area contributed by atoms with Gasteiger partial charge in [-0.1, -0.05) is 18.2 Å². The molecule has 1 saturated heterocycles. The number of carbonyl (C=O) groups excluding carboxylic acids is 2. The highest BCUT2D eigenvalue weighted by atomic mass is 16.5. The molecule has 7 heteroatoms. The molecule has 0 bridgehead atoms. The molecule has 1 atom stereocenters. The average molecular weight is 382 g/mol. The van der Waals surface area contributed by atoms with Crippen molar-refractivity contribution in [1.29, 1.82) is 0 Å². The number of rotatable bonds is 6. The van der Waals surface area contributed by atoms with Crippen LogP contribution in [-0.2, 0) is 14.4 Å². The molecule has 1 unspecified atom stereocenters. The van der Waals surface area contributed by atoms with Crippen LogP contribution in [-0.4, -0.2) is 36.0 Å². The van der Waals surface area contributed by atoms with E-state index >= 15 is 0 Å². The fourth-order valence-electron chi connectivity index (χ4n) is 3.20. The molecule has 1 fully saturated rings. The molecule has 7 nitrogen and oxygen atoms in total. The highest BCUT2D eigenvalue weighted by molar-refractivity contribution is 6.04. The summed E-state index contributed by atoms with van der Waals surface area (Å²) in [4.78, 5) is 37.4. The lowest BCUT2D eigenvalue weighted by molar-refractivity contribution is -0.139. The molecule has 1 aliphatic heterocycles. The Morgan fingerprint density at radius 1 is 1.21 bits per heavy atom. The maximum atomic E-state index is 12.6. The quantitative estimate of drug-likeness (QED) is 0.801. The first-order valence-electron chi connectivity index (χ1n) is 8.97. The number of aliphatic carboxylic acids is 1. The summed E-state index contributed by atoms with van der Waals surface area (Å²) < 4.78 is 5.12. The summed E-state index contributed by atoms with van der Waals surface area (Å²) in [6, 6.07) is 12.3. The summed E-state index contributed by atoms with van der Waals surface area (Å²) >= 11 is 0. The first kappa shape index (κ1) is 19.4. The Hall–Kier alpha value is -3.35. The Morgan fingerprint density at radius 3 is 2.71 bits per heavy atom. The van der Waals surface area contributed by atoms with Gasteiger partial charge in [0, 0.05) is 30.4 Å². The highest BCUT2D eigenvalue weighted by Gasteiger charge is 2.35. The van der Waals surface area contributed by atoms with Crippen molar-refractivity contribution in [2.75, 3.05) is 23.4 Å². The fourth-order valence-corrected chi connectivity index (χ4v) is 3.20. The lowest BCUT2D eigenvalue weighted by Gasteiger charge is -2.20. The van der Waals surface area contributed by atoms with E-state index in [0.29, 0.717) is 18.0 Å². The smallest absolute Gasteiger partial charge is 0.341 e. The van der Waals surface area contributed by atoms with Crippen molar-refractivity contribution in [1.82, 2.24) is 0 Å². The minimum atomic E-state index is -1.08. The van der Waals surface area contributed by atoms with Crippen LogP contribution in [0.15, 0.2) is 42.5 Å². The van der Waals surface area contributed by atoms with Crippen molar-refractivity contribution >= 4 is 29.2 Å². The Bertz CT molecular complexity index is 925. The summed E-state index contributed by atoms with van der Waals surface area (Å²) in [5, 5.41) is 11.5. The second kappa shape index (κ2) is 8.12. The number of ether oxygens (including phenoxy) is 1. The predicted molar refractivity (Wildman–Crippen MR) is 105 cm³/mol. The highest BCUT2D eigenvalue weighted by Crippen LogP contribution is 2.30. The van der Waals surface area contributed by atoms with Crippen molar-refractivity contribution in [3.05, 3.63) is 53.6 Å². The SMILES string of the molecule is Cc1cccc(N2CC(C(=O)Nc3cccc(OCC(=O)O)c3)CC2=O)c1C. The third-order valence-corrected chi connectivity index (χ3v) is 4.83. The van der Waals surface area contributed by atoms with Crippen LogP contribution >= 0.6 is 0 Å². The molecular weight excluding hydrogens is 360 g/mol. The molecule has 1 heterocycles. The van der Waals surface area contributed by atoms with Gasteiger partial charge in [0.2, 0.25) is 11.8 Å². The zero-order valence-corrected chi connectivity index (χ0v) is 15.8. The first-order valence-corrected chi connectivity index (χ1v) is 8.97. The topological polar surface area (TPSA) is 95.9 Å². The number of anilines is 2. The largest absolute Gasteiger partial charge is 0.482 e. The number of amides is 2. The number of nitrogens with one attached hydrogen (secondary N) is 1. The van der Waals surface area contributed by atoms with Gasteiger partial charge in [-0.05, 0) is 43.2 Å². The molecule has 0 aliphatic carbocycles. The monoisotopic (exact) mass is 382 g/mol. The van der Waals surface area contributed by atoms with Crippen LogP contribution in [0.2, 0.25) is 0 Å². The Kier molecular flexibility index (Phi) is 5.63. The predicted octanol–water partition coefficient (Wildman–Crippen LogP) is 2.76. The molecule has 2 N–H and O–H groups in total. The van der Waals surface area contributed by atoms with Crippen molar-refractivity contribution in [3.8, 4) is 5.75 Å². The van der Waals surface area contributed by atoms with Crippen LogP contribution in [0, 0.1) is 19.8 Å². The summed E-state index contributed by atoms with van der Waals surface area (Å²) in [5.74, 6) is -1.52. The van der Waals surface area contributed by atoms with E-state index in [1.807, 2.05) is 32.0 Å². The van der Waals surface area contributed by atoms with Gasteiger partial charge in [-0.25, -0.2) is 4.79 Å². The van der Waals surface area contributed by atoms with E-state index in [-0.39, 0.29) is 18.2 Å². The van der Waals surface area contributed by atoms with Gasteiger partial charge in [-0.2, -0.15) is 0 Å². The van der Waals surface area contributed by atoms with Crippen LogP contribution < -0.4 is 15.0 Å². The molecule has 2 amide bonds. The second-order valence-corrected chi connectivity index (χ2v) is 6.82. The molecule has 3 rings (SSSR count). The van der Waals surface area contributed by atoms with Crippen molar-refractivity contribution in [2.24, 2.45) is 5.92 Å². The van der Waals surface area contributed by atoms with Crippen molar-refractivity contribution < 1.29 is 24.2 Å². The lowest BCUT2D eigenvalue weighted by Crippen LogP contribution is -2.28. The number of hydrogen-bond acceptors (Lipinski definition) is 4. The third-order valence-electron chi connectivity index (χ3n) is 4.83. The summed E-state index contributed by atoms with van der Waals surface area (Å²) in [7, 11) is 0. The molecule has 0 spiro atoms. The lowest BCUT2D eigenvalue weighted by atomic mass is 10.1. The second-order valence-electron chi connectivity index (χ2n) is 6.82. The normalized spacial score (nSPS) is 16.1. The summed E-state index contributed by atoms with van der Waals surface area (Å²) in [6.07, 6.45) is 0.147. The number of carbonyl (C=O) groups is 3. The fraction of sp³-hybridized carbons (Fsp3) is 0.286. The maximum Gasteiger partial charge on any atom is 0.341 e. The van der Waals surface area contributed by atoms with Crippen LogP contribution in [0.5, 0.6) is 5.75 Å². The van der Waals surface area contributed by atoms with E-state index in [9.17, 15) is 14.4 Å². The number of benzene rings is 2. The number of carboxylic acids is 1. The van der Waals surface area contributed by atoms with Gasteiger partial charge in [0.15, 0.2) is 6.61 Å². The molecule has 0 aromatic heterocycles. The first-order chi connectivity index (χ1) is 13.3. The molecular formula is C21H22N2O5. The molecule has 28 heavy (non-hydrogen) atoms. The minimum Gasteiger partial charge on any atom is -0.482 e. The van der Waals surface area contributed by atoms with Crippen LogP contribution in [0.1, 0.15) is 17.5 Å². The zero-order chi connectivity index (χ0) is 20.3. The molecule has 0 saturated carbocycles. The van der Waals surface area contributed by atoms with Crippen molar-refractivity contribution in [3.63, 3.8) is 0 Å². The van der Waals surface area contributed by atoms with E-state index in [1.54, 1.807) is 29.2 Å². The van der Waals surface area contributed by atoms with E-state index in [2.05, 4.69) is 5.32 Å². The van der Waals surface area contributed by atoms with E-state index < -0.39 is 18.5 Å². The van der Waals surface area contributed by atoms with E-state index in [0.717, 1.165) is 16.8 Å². The number of carboxylic acid groups (broad SMARTS) is 1. The van der Waals surface area contributed by atoms with Crippen LogP contribution in [0.25, 0.3) is 0 Å². The van der Waals surface area contributed by atoms with Gasteiger partial charge in [0.25, 0.3) is 0 Å². The molecule has 146 valence electrons. The van der Waals surface area contributed by atoms with E-state index in [1.165, 1.54) is 0 Å². The Balaban J connectivity index is 1.67. The number of aryl methyl sites for hydroxylation is 1. The number of nitrogens with zero attached hydrogens (tertiary/aromatic N) is 1. The van der Waals surface area contributed by atoms with Gasteiger partial charge < -0.3 is 20.1 Å². The van der Waals surface area contributed by atoms with Gasteiger partial charge in [-0.3, -0.25) is 9.59 Å². The van der Waals surface area contributed by atoms with Gasteiger partial charge in [-0.15, -0.1) is 0 Å². The van der Waals surface area contributed by atoms with Crippen LogP contribution in [0.4, 0.5) is 11.4 Å². The third kappa shape index (κ3) is 4.31. The van der Waals surface area contributed by atoms with Gasteiger partial charge >= 0.3 is 5.97 Å². The van der Waals surface area contributed by atoms with E-state index in [4.69, 9.17) is 9.84 Å². The molecule has 2 aromatic carbocycles. The zero-order valence-electron chi connectivity index (χ0n) is 15.8. The molecule has 1 aliphatic rings. The van der Waals surface area contributed by atoms with Crippen LogP contribution in [0.3, 0.4) is 0 Å². The Labute approximate surface area is 162 Å². The molecule has 2 aromatic rings. The average Bonchev–Trinajstić information content (AvgIpc) is 3.04. The summed E-state index contributed by atoms with van der Waals surface area (Å²) in [5.41, 5.74) is 3.45. The van der Waals surface area contributed by atoms with Gasteiger partial charge in [0.1, 0.15) is 5.75 Å². The minimum absolute atomic E-state index is 0.0765. The maximum absolute atomic E-state index is 12.6. The van der Waals surface area contributed by atoms with Gasteiger partial charge in [0.05, 0.1) is 5.92 Å². The molecule has 0 radical (unpaired) electrons. The summed E-state index contributed by atoms with van der Waals surface area (Å²) in [6.45, 7) is 3.82. The van der Waals surface area contributed by atoms with Crippen molar-refractivity contribution in [2.45, 2.75) is 20.3 Å². The number of hydrogen-bond donors (Lipinski definition) is 2.